The lowest BCUT2D eigenvalue weighted by atomic mass is 10.0. The topological polar surface area (TPSA) is 0 Å². The second-order valence-electron chi connectivity index (χ2n) is 3.76. The molecule has 0 nitrogen and oxygen atoms in total. The number of alkyl halides is 1. The Kier molecular flexibility index (Phi) is 4.51. The first kappa shape index (κ1) is 10.8. The van der Waals surface area contributed by atoms with Gasteiger partial charge in [0.15, 0.2) is 0 Å². The van der Waals surface area contributed by atoms with Gasteiger partial charge in [0.2, 0.25) is 0 Å². The molecule has 1 aliphatic rings. The molecule has 0 radical (unpaired) electrons. The third kappa shape index (κ3) is 5.09. The van der Waals surface area contributed by atoms with E-state index in [2.05, 4.69) is 13.0 Å². The summed E-state index contributed by atoms with van der Waals surface area (Å²) in [4.78, 5) is 0. The summed E-state index contributed by atoms with van der Waals surface area (Å²) in [6, 6.07) is 0. The van der Waals surface area contributed by atoms with Gasteiger partial charge in [-0.05, 0) is 30.4 Å². The van der Waals surface area contributed by atoms with Gasteiger partial charge in [0.05, 0.1) is 0 Å². The molecule has 0 N–H and O–H groups in total. The predicted molar refractivity (Wildman–Crippen MR) is 55.6 cm³/mol. The lowest BCUT2D eigenvalue weighted by Gasteiger charge is -2.02. The van der Waals surface area contributed by atoms with Crippen LogP contribution in [0.5, 0.6) is 0 Å². The van der Waals surface area contributed by atoms with Gasteiger partial charge >= 0.3 is 0 Å². The Hall–Kier alpha value is -0.300. The molecule has 0 amide bonds. The van der Waals surface area contributed by atoms with Crippen LogP contribution >= 0.6 is 11.6 Å². The van der Waals surface area contributed by atoms with Crippen molar-refractivity contribution in [2.75, 3.05) is 6.67 Å². The van der Waals surface area contributed by atoms with Crippen molar-refractivity contribution in [3.8, 4) is 0 Å². The van der Waals surface area contributed by atoms with Crippen LogP contribution in [0.3, 0.4) is 0 Å². The van der Waals surface area contributed by atoms with E-state index < -0.39 is 6.67 Å². The molecular weight excluding hydrogens is 187 g/mol. The van der Waals surface area contributed by atoms with E-state index in [-0.39, 0.29) is 0 Å². The lowest BCUT2D eigenvalue weighted by Crippen LogP contribution is -1.90. The fraction of sp³-hybridized carbons (Fsp3) is 0.636. The monoisotopic (exact) mass is 202 g/mol. The minimum absolute atomic E-state index is 0.486. The van der Waals surface area contributed by atoms with E-state index >= 15 is 0 Å². The highest BCUT2D eigenvalue weighted by Gasteiger charge is 2.22. The molecule has 74 valence electrons. The Bertz CT molecular complexity index is 204. The first-order valence-electron chi connectivity index (χ1n) is 4.82. The standard InChI is InChI=1S/C11H16ClF/c1-9(8-10-3-4-10)2-5-11(12)6-7-13/h2,5-6,9-10H,3-4,7-8H2,1H3/b5-2-,11-6+. The van der Waals surface area contributed by atoms with Crippen molar-refractivity contribution in [2.24, 2.45) is 11.8 Å². The van der Waals surface area contributed by atoms with Gasteiger partial charge in [0.1, 0.15) is 6.67 Å². The summed E-state index contributed by atoms with van der Waals surface area (Å²) < 4.78 is 11.8. The lowest BCUT2D eigenvalue weighted by molar-refractivity contribution is 0.561. The predicted octanol–water partition coefficient (Wildman–Crippen LogP) is 4.07. The summed E-state index contributed by atoms with van der Waals surface area (Å²) in [6.45, 7) is 1.69. The SMILES string of the molecule is CC(/C=C\C(Cl)=C/CF)CC1CC1. The maximum Gasteiger partial charge on any atom is 0.109 e. The minimum Gasteiger partial charge on any atom is -0.247 e. The van der Waals surface area contributed by atoms with E-state index in [0.29, 0.717) is 11.0 Å². The quantitative estimate of drug-likeness (QED) is 0.590. The van der Waals surface area contributed by atoms with Crippen LogP contribution in [-0.2, 0) is 0 Å². The second-order valence-corrected chi connectivity index (χ2v) is 4.20. The van der Waals surface area contributed by atoms with Crippen LogP contribution in [0.25, 0.3) is 0 Å². The number of hydrogen-bond donors (Lipinski definition) is 0. The van der Waals surface area contributed by atoms with Gasteiger partial charge in [-0.1, -0.05) is 37.4 Å². The molecule has 2 heteroatoms. The van der Waals surface area contributed by atoms with Gasteiger partial charge < -0.3 is 0 Å². The summed E-state index contributed by atoms with van der Waals surface area (Å²) in [5.41, 5.74) is 0. The third-order valence-electron chi connectivity index (χ3n) is 2.26. The largest absolute Gasteiger partial charge is 0.247 e. The number of rotatable bonds is 5. The van der Waals surface area contributed by atoms with Crippen LogP contribution in [0.15, 0.2) is 23.3 Å². The molecule has 0 bridgehead atoms. The number of hydrogen-bond acceptors (Lipinski definition) is 0. The van der Waals surface area contributed by atoms with E-state index in [4.69, 9.17) is 11.6 Å². The van der Waals surface area contributed by atoms with Crippen molar-refractivity contribution in [1.29, 1.82) is 0 Å². The highest BCUT2D eigenvalue weighted by molar-refractivity contribution is 6.31. The van der Waals surface area contributed by atoms with E-state index in [1.165, 1.54) is 25.3 Å². The average molecular weight is 203 g/mol. The number of allylic oxidation sites excluding steroid dienone is 4. The molecule has 1 unspecified atom stereocenters. The van der Waals surface area contributed by atoms with E-state index in [1.54, 1.807) is 6.08 Å². The Morgan fingerprint density at radius 3 is 2.85 bits per heavy atom. The van der Waals surface area contributed by atoms with E-state index in [0.717, 1.165) is 5.92 Å². The van der Waals surface area contributed by atoms with Gasteiger partial charge in [-0.15, -0.1) is 0 Å². The normalized spacial score (nSPS) is 21.0. The van der Waals surface area contributed by atoms with Crippen molar-refractivity contribution in [3.05, 3.63) is 23.3 Å². The molecule has 1 fully saturated rings. The summed E-state index contributed by atoms with van der Waals surface area (Å²) in [7, 11) is 0. The van der Waals surface area contributed by atoms with Crippen molar-refractivity contribution in [3.63, 3.8) is 0 Å². The van der Waals surface area contributed by atoms with Gasteiger partial charge in [-0.3, -0.25) is 0 Å². The van der Waals surface area contributed by atoms with Gasteiger partial charge in [-0.2, -0.15) is 0 Å². The molecule has 0 aromatic carbocycles. The van der Waals surface area contributed by atoms with Gasteiger partial charge in [0.25, 0.3) is 0 Å². The minimum atomic E-state index is -0.486. The first-order valence-corrected chi connectivity index (χ1v) is 5.20. The zero-order valence-corrected chi connectivity index (χ0v) is 8.73. The highest BCUT2D eigenvalue weighted by atomic mass is 35.5. The molecule has 1 rings (SSSR count). The molecule has 0 aromatic heterocycles. The summed E-state index contributed by atoms with van der Waals surface area (Å²) in [5.74, 6) is 1.50. The molecule has 0 saturated heterocycles. The molecule has 1 aliphatic carbocycles. The molecule has 0 aromatic rings. The van der Waals surface area contributed by atoms with Crippen LogP contribution in [0.1, 0.15) is 26.2 Å². The second kappa shape index (κ2) is 5.43. The van der Waals surface area contributed by atoms with Crippen LogP contribution in [0.2, 0.25) is 0 Å². The first-order chi connectivity index (χ1) is 6.22. The zero-order valence-electron chi connectivity index (χ0n) is 7.97. The highest BCUT2D eigenvalue weighted by Crippen LogP contribution is 2.35. The molecule has 13 heavy (non-hydrogen) atoms. The maximum atomic E-state index is 11.8. The van der Waals surface area contributed by atoms with Crippen molar-refractivity contribution >= 4 is 11.6 Å². The van der Waals surface area contributed by atoms with Crippen molar-refractivity contribution < 1.29 is 4.39 Å². The van der Waals surface area contributed by atoms with Crippen LogP contribution in [0, 0.1) is 11.8 Å². The van der Waals surface area contributed by atoms with Crippen LogP contribution < -0.4 is 0 Å². The van der Waals surface area contributed by atoms with Crippen molar-refractivity contribution in [2.45, 2.75) is 26.2 Å². The molecule has 1 atom stereocenters. The molecule has 1 saturated carbocycles. The third-order valence-corrected chi connectivity index (χ3v) is 2.54. The van der Waals surface area contributed by atoms with Crippen LogP contribution in [-0.4, -0.2) is 6.67 Å². The molecular formula is C11H16ClF. The van der Waals surface area contributed by atoms with Gasteiger partial charge in [0, 0.05) is 5.03 Å². The zero-order chi connectivity index (χ0) is 9.68. The fourth-order valence-electron chi connectivity index (χ4n) is 1.36. The maximum absolute atomic E-state index is 11.8. The molecule has 0 spiro atoms. The fourth-order valence-corrected chi connectivity index (χ4v) is 1.49. The summed E-state index contributed by atoms with van der Waals surface area (Å²) in [5, 5.41) is 0.505. The molecule has 0 aliphatic heterocycles. The average Bonchev–Trinajstić information content (AvgIpc) is 2.85. The van der Waals surface area contributed by atoms with Crippen LogP contribution in [0.4, 0.5) is 4.39 Å². The smallest absolute Gasteiger partial charge is 0.109 e. The Labute approximate surface area is 84.5 Å². The Morgan fingerprint density at radius 2 is 2.31 bits per heavy atom. The van der Waals surface area contributed by atoms with E-state index in [9.17, 15) is 4.39 Å². The summed E-state index contributed by atoms with van der Waals surface area (Å²) in [6.07, 6.45) is 9.25. The van der Waals surface area contributed by atoms with Gasteiger partial charge in [-0.25, -0.2) is 4.39 Å². The van der Waals surface area contributed by atoms with E-state index in [1.807, 2.05) is 0 Å². The Balaban J connectivity index is 2.23. The summed E-state index contributed by atoms with van der Waals surface area (Å²) >= 11 is 5.71. The molecule has 0 heterocycles. The Morgan fingerprint density at radius 1 is 1.62 bits per heavy atom. The van der Waals surface area contributed by atoms with Crippen molar-refractivity contribution in [1.82, 2.24) is 0 Å². The number of halogens is 2.